The molecule has 0 saturated heterocycles. The molecule has 3 N–H and O–H groups in total. The summed E-state index contributed by atoms with van der Waals surface area (Å²) in [5.74, 6) is 0.489. The van der Waals surface area contributed by atoms with E-state index < -0.39 is 10.9 Å². The maximum Gasteiger partial charge on any atom is 0.335 e. The third-order valence-electron chi connectivity index (χ3n) is 4.09. The van der Waals surface area contributed by atoms with Crippen LogP contribution in [0, 0.1) is 10.1 Å². The van der Waals surface area contributed by atoms with Crippen molar-refractivity contribution in [3.8, 4) is 11.3 Å². The number of aromatic carboxylic acids is 1. The maximum absolute atomic E-state index is 10.9. The van der Waals surface area contributed by atoms with Crippen molar-refractivity contribution in [2.75, 3.05) is 18.4 Å². The molecule has 0 aliphatic carbocycles. The molecule has 8 nitrogen and oxygen atoms in total. The van der Waals surface area contributed by atoms with Gasteiger partial charge in [0.1, 0.15) is 11.5 Å². The lowest BCUT2D eigenvalue weighted by Crippen LogP contribution is -2.21. The van der Waals surface area contributed by atoms with Gasteiger partial charge in [-0.2, -0.15) is 0 Å². The van der Waals surface area contributed by atoms with Gasteiger partial charge in [-0.05, 0) is 36.4 Å². The van der Waals surface area contributed by atoms with Crippen molar-refractivity contribution in [3.05, 3.63) is 82.1 Å². The van der Waals surface area contributed by atoms with Crippen molar-refractivity contribution in [1.29, 1.82) is 0 Å². The van der Waals surface area contributed by atoms with E-state index in [0.717, 1.165) is 17.0 Å². The van der Waals surface area contributed by atoms with Gasteiger partial charge in [0.2, 0.25) is 0 Å². The van der Waals surface area contributed by atoms with Gasteiger partial charge in [-0.3, -0.25) is 10.1 Å². The van der Waals surface area contributed by atoms with E-state index in [1.165, 1.54) is 12.1 Å². The van der Waals surface area contributed by atoms with Gasteiger partial charge in [-0.1, -0.05) is 12.1 Å². The quantitative estimate of drug-likeness (QED) is 0.293. The standard InChI is InChI=1S/C20H19N3O5/c24-20(25)15-3-1-14(2-4-15)19-10-9-18(28-19)13-21-11-12-22-16-5-7-17(8-6-16)23(26)27/h1-10,21-22H,11-13H2,(H,24,25). The summed E-state index contributed by atoms with van der Waals surface area (Å²) in [6.45, 7) is 1.89. The monoisotopic (exact) mass is 381 g/mol. The molecule has 0 saturated carbocycles. The Morgan fingerprint density at radius 3 is 2.36 bits per heavy atom. The zero-order chi connectivity index (χ0) is 19.9. The van der Waals surface area contributed by atoms with Crippen LogP contribution in [-0.2, 0) is 6.54 Å². The molecule has 1 aromatic heterocycles. The predicted octanol–water partition coefficient (Wildman–Crippen LogP) is 3.75. The van der Waals surface area contributed by atoms with Gasteiger partial charge < -0.3 is 20.2 Å². The Kier molecular flexibility index (Phi) is 6.03. The first-order valence-electron chi connectivity index (χ1n) is 8.64. The van der Waals surface area contributed by atoms with Gasteiger partial charge in [0.25, 0.3) is 5.69 Å². The smallest absolute Gasteiger partial charge is 0.335 e. The number of carbonyl (C=O) groups is 1. The van der Waals surface area contributed by atoms with Gasteiger partial charge >= 0.3 is 5.97 Å². The van der Waals surface area contributed by atoms with Gasteiger partial charge in [0.15, 0.2) is 0 Å². The van der Waals surface area contributed by atoms with Crippen LogP contribution < -0.4 is 10.6 Å². The summed E-state index contributed by atoms with van der Waals surface area (Å²) in [6.07, 6.45) is 0. The lowest BCUT2D eigenvalue weighted by atomic mass is 10.1. The van der Waals surface area contributed by atoms with E-state index in [1.807, 2.05) is 12.1 Å². The lowest BCUT2D eigenvalue weighted by Gasteiger charge is -2.07. The molecule has 3 rings (SSSR count). The fourth-order valence-corrected chi connectivity index (χ4v) is 2.61. The Morgan fingerprint density at radius 2 is 1.71 bits per heavy atom. The lowest BCUT2D eigenvalue weighted by molar-refractivity contribution is -0.384. The summed E-state index contributed by atoms with van der Waals surface area (Å²) in [5.41, 5.74) is 1.93. The number of carboxylic acid groups (broad SMARTS) is 1. The number of hydrogen-bond donors (Lipinski definition) is 3. The second kappa shape index (κ2) is 8.83. The Balaban J connectivity index is 1.43. The summed E-state index contributed by atoms with van der Waals surface area (Å²) < 4.78 is 5.78. The summed E-state index contributed by atoms with van der Waals surface area (Å²) in [6, 6.07) is 16.5. The van der Waals surface area contributed by atoms with E-state index in [2.05, 4.69) is 10.6 Å². The van der Waals surface area contributed by atoms with Crippen molar-refractivity contribution in [2.24, 2.45) is 0 Å². The summed E-state index contributed by atoms with van der Waals surface area (Å²) in [5, 5.41) is 26.0. The summed E-state index contributed by atoms with van der Waals surface area (Å²) >= 11 is 0. The molecule has 8 heteroatoms. The highest BCUT2D eigenvalue weighted by Crippen LogP contribution is 2.22. The topological polar surface area (TPSA) is 118 Å². The number of non-ortho nitro benzene ring substituents is 1. The molecule has 0 bridgehead atoms. The average Bonchev–Trinajstić information content (AvgIpc) is 3.17. The van der Waals surface area contributed by atoms with E-state index >= 15 is 0 Å². The number of benzene rings is 2. The second-order valence-corrected chi connectivity index (χ2v) is 6.06. The van der Waals surface area contributed by atoms with Crippen LogP contribution in [0.5, 0.6) is 0 Å². The van der Waals surface area contributed by atoms with Gasteiger partial charge in [0, 0.05) is 36.5 Å². The Labute approximate surface area is 161 Å². The molecule has 0 atom stereocenters. The van der Waals surface area contributed by atoms with Crippen LogP contribution >= 0.6 is 0 Å². The number of nitrogens with zero attached hydrogens (tertiary/aromatic N) is 1. The summed E-state index contributed by atoms with van der Waals surface area (Å²) in [7, 11) is 0. The molecular weight excluding hydrogens is 362 g/mol. The molecule has 0 aliphatic heterocycles. The molecule has 0 amide bonds. The average molecular weight is 381 g/mol. The molecule has 0 radical (unpaired) electrons. The van der Waals surface area contributed by atoms with Crippen LogP contribution in [0.3, 0.4) is 0 Å². The fraction of sp³-hybridized carbons (Fsp3) is 0.150. The van der Waals surface area contributed by atoms with Crippen LogP contribution in [0.4, 0.5) is 11.4 Å². The van der Waals surface area contributed by atoms with Crippen molar-refractivity contribution in [1.82, 2.24) is 5.32 Å². The van der Waals surface area contributed by atoms with Crippen LogP contribution in [0.25, 0.3) is 11.3 Å². The number of nitro benzene ring substituents is 1. The first-order chi connectivity index (χ1) is 13.5. The third kappa shape index (κ3) is 4.95. The fourth-order valence-electron chi connectivity index (χ4n) is 2.61. The van der Waals surface area contributed by atoms with E-state index in [0.29, 0.717) is 25.4 Å². The molecule has 0 spiro atoms. The van der Waals surface area contributed by atoms with E-state index in [9.17, 15) is 14.9 Å². The molecule has 28 heavy (non-hydrogen) atoms. The Bertz CT molecular complexity index is 949. The first kappa shape index (κ1) is 19.1. The van der Waals surface area contributed by atoms with Gasteiger partial charge in [-0.15, -0.1) is 0 Å². The molecule has 0 aliphatic rings. The van der Waals surface area contributed by atoms with Crippen molar-refractivity contribution in [3.63, 3.8) is 0 Å². The van der Waals surface area contributed by atoms with Crippen LogP contribution in [0.1, 0.15) is 16.1 Å². The molecule has 1 heterocycles. The number of carboxylic acids is 1. The zero-order valence-corrected chi connectivity index (χ0v) is 14.9. The van der Waals surface area contributed by atoms with Crippen LogP contribution in [0.15, 0.2) is 65.1 Å². The molecular formula is C20H19N3O5. The normalized spacial score (nSPS) is 10.6. The SMILES string of the molecule is O=C(O)c1ccc(-c2ccc(CNCCNc3ccc([N+](=O)[O-])cc3)o2)cc1. The zero-order valence-electron chi connectivity index (χ0n) is 14.9. The number of nitro groups is 1. The molecule has 144 valence electrons. The van der Waals surface area contributed by atoms with Crippen molar-refractivity contribution < 1.29 is 19.2 Å². The second-order valence-electron chi connectivity index (χ2n) is 6.06. The van der Waals surface area contributed by atoms with Gasteiger partial charge in [-0.25, -0.2) is 4.79 Å². The Morgan fingerprint density at radius 1 is 1.00 bits per heavy atom. The highest BCUT2D eigenvalue weighted by molar-refractivity contribution is 5.88. The highest BCUT2D eigenvalue weighted by Gasteiger charge is 2.07. The number of rotatable bonds is 9. The number of anilines is 1. The minimum atomic E-state index is -0.960. The Hall–Kier alpha value is -3.65. The molecule has 3 aromatic rings. The summed E-state index contributed by atoms with van der Waals surface area (Å²) in [4.78, 5) is 21.1. The maximum atomic E-state index is 10.9. The molecule has 0 unspecified atom stereocenters. The van der Waals surface area contributed by atoms with Crippen molar-refractivity contribution >= 4 is 17.3 Å². The van der Waals surface area contributed by atoms with Crippen LogP contribution in [0.2, 0.25) is 0 Å². The third-order valence-corrected chi connectivity index (χ3v) is 4.09. The van der Waals surface area contributed by atoms with E-state index in [1.54, 1.807) is 36.4 Å². The van der Waals surface area contributed by atoms with E-state index in [4.69, 9.17) is 9.52 Å². The number of nitrogens with one attached hydrogen (secondary N) is 2. The minimum absolute atomic E-state index is 0.0647. The van der Waals surface area contributed by atoms with Crippen LogP contribution in [-0.4, -0.2) is 29.1 Å². The largest absolute Gasteiger partial charge is 0.478 e. The number of hydrogen-bond acceptors (Lipinski definition) is 6. The number of furan rings is 1. The minimum Gasteiger partial charge on any atom is -0.478 e. The van der Waals surface area contributed by atoms with Crippen molar-refractivity contribution in [2.45, 2.75) is 6.54 Å². The van der Waals surface area contributed by atoms with E-state index in [-0.39, 0.29) is 11.3 Å². The molecule has 0 fully saturated rings. The highest BCUT2D eigenvalue weighted by atomic mass is 16.6. The first-order valence-corrected chi connectivity index (χ1v) is 8.64. The van der Waals surface area contributed by atoms with Gasteiger partial charge in [0.05, 0.1) is 17.0 Å². The molecule has 2 aromatic carbocycles. The predicted molar refractivity (Wildman–Crippen MR) is 104 cm³/mol.